The quantitative estimate of drug-likeness (QED) is 0.607. The van der Waals surface area contributed by atoms with Gasteiger partial charge < -0.3 is 19.9 Å². The van der Waals surface area contributed by atoms with E-state index in [1.807, 2.05) is 38.1 Å². The number of halogens is 1. The van der Waals surface area contributed by atoms with Crippen LogP contribution >= 0.6 is 11.6 Å². The monoisotopic (exact) mass is 452 g/mol. The molecule has 1 unspecified atom stereocenters. The molecule has 7 heteroatoms. The van der Waals surface area contributed by atoms with Crippen molar-refractivity contribution in [1.29, 1.82) is 5.26 Å². The van der Waals surface area contributed by atoms with Crippen LogP contribution < -0.4 is 10.5 Å². The number of benzene rings is 2. The molecule has 1 atom stereocenters. The van der Waals surface area contributed by atoms with Gasteiger partial charge in [0.1, 0.15) is 29.8 Å². The maximum absolute atomic E-state index is 12.8. The second-order valence-electron chi connectivity index (χ2n) is 7.47. The molecule has 32 heavy (non-hydrogen) atoms. The zero-order valence-electron chi connectivity index (χ0n) is 18.5. The van der Waals surface area contributed by atoms with Crippen molar-refractivity contribution in [3.63, 3.8) is 0 Å². The summed E-state index contributed by atoms with van der Waals surface area (Å²) in [6, 6.07) is 13.3. The highest BCUT2D eigenvalue weighted by molar-refractivity contribution is 6.32. The summed E-state index contributed by atoms with van der Waals surface area (Å²) >= 11 is 6.21. The zero-order chi connectivity index (χ0) is 23.4. The van der Waals surface area contributed by atoms with E-state index in [1.54, 1.807) is 26.0 Å². The Morgan fingerprint density at radius 1 is 1.22 bits per heavy atom. The third kappa shape index (κ3) is 4.58. The minimum atomic E-state index is -0.701. The Morgan fingerprint density at radius 3 is 2.59 bits per heavy atom. The lowest BCUT2D eigenvalue weighted by Crippen LogP contribution is -2.26. The number of nitriles is 1. The molecule has 0 amide bonds. The van der Waals surface area contributed by atoms with Crippen LogP contribution in [0.25, 0.3) is 0 Å². The average molecular weight is 453 g/mol. The number of carbonyl (C=O) groups is 1. The maximum atomic E-state index is 12.8. The molecule has 0 aliphatic carbocycles. The predicted octanol–water partition coefficient (Wildman–Crippen LogP) is 5.18. The topological polar surface area (TPSA) is 94.6 Å². The van der Waals surface area contributed by atoms with Crippen LogP contribution in [0, 0.1) is 25.2 Å². The van der Waals surface area contributed by atoms with Gasteiger partial charge in [0.2, 0.25) is 5.88 Å². The van der Waals surface area contributed by atoms with Gasteiger partial charge in [-0.3, -0.25) is 0 Å². The molecule has 2 N–H and O–H groups in total. The van der Waals surface area contributed by atoms with E-state index in [9.17, 15) is 10.1 Å². The second kappa shape index (κ2) is 9.80. The average Bonchev–Trinajstić information content (AvgIpc) is 2.74. The van der Waals surface area contributed by atoms with Gasteiger partial charge in [0, 0.05) is 0 Å². The number of rotatable bonds is 6. The molecule has 2 aromatic rings. The van der Waals surface area contributed by atoms with E-state index in [-0.39, 0.29) is 30.2 Å². The SMILES string of the molecule is CCOC(=O)C1=C(C)OC(N)=C(C#N)C1c1cc(COc2ccccc2Cl)c(C)cc1C. The lowest BCUT2D eigenvalue weighted by atomic mass is 9.80. The fraction of sp³-hybridized carbons (Fsp3) is 0.280. The lowest BCUT2D eigenvalue weighted by Gasteiger charge is -2.28. The molecule has 0 saturated carbocycles. The second-order valence-corrected chi connectivity index (χ2v) is 7.88. The number of hydrogen-bond acceptors (Lipinski definition) is 6. The van der Waals surface area contributed by atoms with Crippen LogP contribution in [-0.2, 0) is 20.9 Å². The normalized spacial score (nSPS) is 15.8. The Balaban J connectivity index is 2.08. The Kier molecular flexibility index (Phi) is 7.12. The standard InChI is InChI=1S/C25H25ClN2O4/c1-5-30-25(29)22-16(4)32-24(28)19(12-27)23(22)18-11-17(14(2)10-15(18)3)13-31-21-9-7-6-8-20(21)26/h6-11,23H,5,13,28H2,1-4H3. The van der Waals surface area contributed by atoms with E-state index < -0.39 is 11.9 Å². The molecule has 6 nitrogen and oxygen atoms in total. The molecule has 0 fully saturated rings. The summed E-state index contributed by atoms with van der Waals surface area (Å²) in [6.07, 6.45) is 0. The summed E-state index contributed by atoms with van der Waals surface area (Å²) < 4.78 is 16.7. The number of nitrogens with two attached hydrogens (primary N) is 1. The van der Waals surface area contributed by atoms with Crippen molar-refractivity contribution in [2.75, 3.05) is 6.61 Å². The van der Waals surface area contributed by atoms with Gasteiger partial charge >= 0.3 is 5.97 Å². The number of ether oxygens (including phenoxy) is 3. The van der Waals surface area contributed by atoms with E-state index in [0.29, 0.717) is 16.5 Å². The Morgan fingerprint density at radius 2 is 1.94 bits per heavy atom. The molecule has 0 radical (unpaired) electrons. The first-order chi connectivity index (χ1) is 15.3. The molecule has 0 spiro atoms. The number of hydrogen-bond donors (Lipinski definition) is 1. The predicted molar refractivity (Wildman–Crippen MR) is 122 cm³/mol. The molecular formula is C25H25ClN2O4. The number of allylic oxidation sites excluding steroid dienone is 2. The maximum Gasteiger partial charge on any atom is 0.338 e. The van der Waals surface area contributed by atoms with Gasteiger partial charge in [-0.05, 0) is 62.1 Å². The largest absolute Gasteiger partial charge is 0.487 e. The summed E-state index contributed by atoms with van der Waals surface area (Å²) in [4.78, 5) is 12.8. The zero-order valence-corrected chi connectivity index (χ0v) is 19.2. The van der Waals surface area contributed by atoms with Crippen LogP contribution in [0.3, 0.4) is 0 Å². The molecule has 0 aromatic heterocycles. The highest BCUT2D eigenvalue weighted by Gasteiger charge is 2.37. The van der Waals surface area contributed by atoms with E-state index in [2.05, 4.69) is 6.07 Å². The van der Waals surface area contributed by atoms with Gasteiger partial charge in [-0.1, -0.05) is 35.9 Å². The first kappa shape index (κ1) is 23.2. The van der Waals surface area contributed by atoms with E-state index >= 15 is 0 Å². The number of carbonyl (C=O) groups excluding carboxylic acids is 1. The van der Waals surface area contributed by atoms with Crippen LogP contribution in [-0.4, -0.2) is 12.6 Å². The van der Waals surface area contributed by atoms with Crippen molar-refractivity contribution in [2.45, 2.75) is 40.2 Å². The van der Waals surface area contributed by atoms with Crippen LogP contribution in [0.2, 0.25) is 5.02 Å². The minimum absolute atomic E-state index is 0.0168. The summed E-state index contributed by atoms with van der Waals surface area (Å²) in [5.74, 6) is -0.362. The first-order valence-electron chi connectivity index (χ1n) is 10.2. The van der Waals surface area contributed by atoms with Crippen molar-refractivity contribution < 1.29 is 19.0 Å². The van der Waals surface area contributed by atoms with Gasteiger partial charge in [-0.2, -0.15) is 5.26 Å². The van der Waals surface area contributed by atoms with E-state index in [4.69, 9.17) is 31.5 Å². The van der Waals surface area contributed by atoms with E-state index in [0.717, 1.165) is 22.3 Å². The highest BCUT2D eigenvalue weighted by Crippen LogP contribution is 2.41. The van der Waals surface area contributed by atoms with Gasteiger partial charge in [-0.15, -0.1) is 0 Å². The van der Waals surface area contributed by atoms with Gasteiger partial charge in [0.15, 0.2) is 0 Å². The van der Waals surface area contributed by atoms with Crippen molar-refractivity contribution >= 4 is 17.6 Å². The molecule has 1 aliphatic heterocycles. The van der Waals surface area contributed by atoms with Crippen molar-refractivity contribution in [3.05, 3.63) is 86.5 Å². The van der Waals surface area contributed by atoms with Gasteiger partial charge in [-0.25, -0.2) is 4.79 Å². The molecule has 1 heterocycles. The Bertz CT molecular complexity index is 1160. The highest BCUT2D eigenvalue weighted by atomic mass is 35.5. The fourth-order valence-corrected chi connectivity index (χ4v) is 3.96. The van der Waals surface area contributed by atoms with Gasteiger partial charge in [0.25, 0.3) is 0 Å². The van der Waals surface area contributed by atoms with Crippen molar-refractivity contribution in [1.82, 2.24) is 0 Å². The first-order valence-corrected chi connectivity index (χ1v) is 10.6. The van der Waals surface area contributed by atoms with Crippen LogP contribution in [0.1, 0.15) is 42.0 Å². The van der Waals surface area contributed by atoms with Crippen LogP contribution in [0.15, 0.2) is 59.2 Å². The molecule has 0 saturated heterocycles. The summed E-state index contributed by atoms with van der Waals surface area (Å²) in [5, 5.41) is 10.3. The smallest absolute Gasteiger partial charge is 0.338 e. The number of nitrogens with zero attached hydrogens (tertiary/aromatic N) is 1. The molecule has 166 valence electrons. The summed E-state index contributed by atoms with van der Waals surface area (Å²) in [5.41, 5.74) is 10.0. The minimum Gasteiger partial charge on any atom is -0.487 e. The van der Waals surface area contributed by atoms with Crippen LogP contribution in [0.4, 0.5) is 0 Å². The molecular weight excluding hydrogens is 428 g/mol. The lowest BCUT2D eigenvalue weighted by molar-refractivity contribution is -0.139. The summed E-state index contributed by atoms with van der Waals surface area (Å²) in [6.45, 7) is 7.75. The molecule has 0 bridgehead atoms. The molecule has 2 aromatic carbocycles. The third-order valence-corrected chi connectivity index (χ3v) is 5.67. The van der Waals surface area contributed by atoms with E-state index in [1.165, 1.54) is 0 Å². The third-order valence-electron chi connectivity index (χ3n) is 5.36. The summed E-state index contributed by atoms with van der Waals surface area (Å²) in [7, 11) is 0. The van der Waals surface area contributed by atoms with Gasteiger partial charge in [0.05, 0.1) is 23.1 Å². The number of aryl methyl sites for hydroxylation is 2. The number of para-hydroxylation sites is 1. The molecule has 1 aliphatic rings. The van der Waals surface area contributed by atoms with Crippen molar-refractivity contribution in [3.8, 4) is 11.8 Å². The Labute approximate surface area is 192 Å². The number of esters is 1. The van der Waals surface area contributed by atoms with Crippen LogP contribution in [0.5, 0.6) is 5.75 Å². The Hall–Kier alpha value is -3.43. The van der Waals surface area contributed by atoms with Crippen molar-refractivity contribution in [2.24, 2.45) is 5.73 Å². The fourth-order valence-electron chi connectivity index (χ4n) is 3.77. The molecule has 3 rings (SSSR count).